The summed E-state index contributed by atoms with van der Waals surface area (Å²) in [6.07, 6.45) is 5.34. The Kier molecular flexibility index (Phi) is 11.2. The minimum Gasteiger partial charge on any atom is -0.382 e. The molecule has 20 heavy (non-hydrogen) atoms. The molecular formula is C15H31NO4. The maximum Gasteiger partial charge on any atom is 0.0729 e. The van der Waals surface area contributed by atoms with Crippen LogP contribution in [0.1, 0.15) is 32.6 Å². The second kappa shape index (κ2) is 12.5. The van der Waals surface area contributed by atoms with Crippen LogP contribution in [0.3, 0.4) is 0 Å². The standard InChI is InChI=1S/C15H31NO4/c1-3-16-14-6-4-5-7-15(14)20-13-12-19-11-10-18-9-8-17-2/h14-16H,3-13H2,1-2H3. The van der Waals surface area contributed by atoms with E-state index in [0.29, 0.717) is 51.8 Å². The van der Waals surface area contributed by atoms with Crippen molar-refractivity contribution in [3.05, 3.63) is 0 Å². The van der Waals surface area contributed by atoms with Crippen LogP contribution in [0.5, 0.6) is 0 Å². The molecule has 0 aromatic rings. The van der Waals surface area contributed by atoms with Crippen LogP contribution in [0.15, 0.2) is 0 Å². The summed E-state index contributed by atoms with van der Waals surface area (Å²) in [5, 5.41) is 3.52. The van der Waals surface area contributed by atoms with Crippen molar-refractivity contribution in [1.82, 2.24) is 5.32 Å². The molecule has 0 bridgehead atoms. The maximum absolute atomic E-state index is 5.94. The van der Waals surface area contributed by atoms with E-state index < -0.39 is 0 Å². The van der Waals surface area contributed by atoms with Crippen molar-refractivity contribution in [3.63, 3.8) is 0 Å². The van der Waals surface area contributed by atoms with Crippen LogP contribution in [0, 0.1) is 0 Å². The molecule has 5 heteroatoms. The van der Waals surface area contributed by atoms with E-state index in [4.69, 9.17) is 18.9 Å². The summed E-state index contributed by atoms with van der Waals surface area (Å²) in [5.41, 5.74) is 0. The van der Waals surface area contributed by atoms with Gasteiger partial charge in [0.1, 0.15) is 0 Å². The average molecular weight is 289 g/mol. The van der Waals surface area contributed by atoms with Crippen LogP contribution >= 0.6 is 0 Å². The Bertz CT molecular complexity index is 214. The number of ether oxygens (including phenoxy) is 4. The zero-order valence-corrected chi connectivity index (χ0v) is 13.1. The highest BCUT2D eigenvalue weighted by Gasteiger charge is 2.24. The van der Waals surface area contributed by atoms with Gasteiger partial charge in [0.05, 0.1) is 45.7 Å². The van der Waals surface area contributed by atoms with Crippen LogP contribution in [-0.2, 0) is 18.9 Å². The highest BCUT2D eigenvalue weighted by Crippen LogP contribution is 2.21. The van der Waals surface area contributed by atoms with Gasteiger partial charge in [0.15, 0.2) is 0 Å². The van der Waals surface area contributed by atoms with E-state index in [0.717, 1.165) is 13.0 Å². The quantitative estimate of drug-likeness (QED) is 0.553. The van der Waals surface area contributed by atoms with Gasteiger partial charge < -0.3 is 24.3 Å². The normalized spacial score (nSPS) is 23.1. The highest BCUT2D eigenvalue weighted by atomic mass is 16.6. The molecule has 0 radical (unpaired) electrons. The first-order chi connectivity index (χ1) is 9.88. The van der Waals surface area contributed by atoms with E-state index in [1.54, 1.807) is 7.11 Å². The van der Waals surface area contributed by atoms with Gasteiger partial charge in [0.25, 0.3) is 0 Å². The van der Waals surface area contributed by atoms with E-state index in [9.17, 15) is 0 Å². The van der Waals surface area contributed by atoms with Gasteiger partial charge in [-0.3, -0.25) is 0 Å². The Morgan fingerprint density at radius 3 is 2.25 bits per heavy atom. The Morgan fingerprint density at radius 2 is 1.55 bits per heavy atom. The lowest BCUT2D eigenvalue weighted by molar-refractivity contribution is -0.0359. The number of methoxy groups -OCH3 is 1. The van der Waals surface area contributed by atoms with E-state index in [1.165, 1.54) is 19.3 Å². The van der Waals surface area contributed by atoms with Gasteiger partial charge in [-0.25, -0.2) is 0 Å². The first kappa shape index (κ1) is 17.9. The van der Waals surface area contributed by atoms with Crippen molar-refractivity contribution in [3.8, 4) is 0 Å². The lowest BCUT2D eigenvalue weighted by Crippen LogP contribution is -2.43. The molecule has 0 spiro atoms. The van der Waals surface area contributed by atoms with Crippen molar-refractivity contribution in [2.75, 3.05) is 53.3 Å². The fourth-order valence-electron chi connectivity index (χ4n) is 2.51. The smallest absolute Gasteiger partial charge is 0.0729 e. The first-order valence-electron chi connectivity index (χ1n) is 7.88. The molecule has 1 N–H and O–H groups in total. The summed E-state index contributed by atoms with van der Waals surface area (Å²) in [6.45, 7) is 6.98. The molecule has 1 aliphatic carbocycles. The maximum atomic E-state index is 5.94. The average Bonchev–Trinajstić information content (AvgIpc) is 2.47. The van der Waals surface area contributed by atoms with Crippen molar-refractivity contribution in [2.45, 2.75) is 44.8 Å². The molecule has 0 amide bonds. The van der Waals surface area contributed by atoms with Gasteiger partial charge in [0, 0.05) is 13.2 Å². The molecule has 2 atom stereocenters. The van der Waals surface area contributed by atoms with Crippen LogP contribution in [0.25, 0.3) is 0 Å². The Hall–Kier alpha value is -0.200. The van der Waals surface area contributed by atoms with Crippen LogP contribution in [-0.4, -0.2) is 65.4 Å². The molecule has 1 fully saturated rings. The predicted molar refractivity (Wildman–Crippen MR) is 79.2 cm³/mol. The summed E-state index contributed by atoms with van der Waals surface area (Å²) in [6, 6.07) is 0.520. The molecule has 0 saturated heterocycles. The fourth-order valence-corrected chi connectivity index (χ4v) is 2.51. The van der Waals surface area contributed by atoms with E-state index in [2.05, 4.69) is 12.2 Å². The van der Waals surface area contributed by atoms with E-state index in [-0.39, 0.29) is 0 Å². The molecule has 0 aromatic heterocycles. The predicted octanol–water partition coefficient (Wildman–Crippen LogP) is 1.60. The van der Waals surface area contributed by atoms with Crippen molar-refractivity contribution in [2.24, 2.45) is 0 Å². The molecule has 0 heterocycles. The van der Waals surface area contributed by atoms with Crippen molar-refractivity contribution < 1.29 is 18.9 Å². The van der Waals surface area contributed by atoms with Gasteiger partial charge in [-0.2, -0.15) is 0 Å². The Morgan fingerprint density at radius 1 is 0.900 bits per heavy atom. The number of rotatable bonds is 12. The molecule has 1 rings (SSSR count). The van der Waals surface area contributed by atoms with Gasteiger partial charge in [-0.05, 0) is 19.4 Å². The lowest BCUT2D eigenvalue weighted by Gasteiger charge is -2.32. The van der Waals surface area contributed by atoms with E-state index in [1.807, 2.05) is 0 Å². The third-order valence-electron chi connectivity index (χ3n) is 3.53. The lowest BCUT2D eigenvalue weighted by atomic mass is 9.92. The summed E-state index contributed by atoms with van der Waals surface area (Å²) < 4.78 is 21.6. The third-order valence-corrected chi connectivity index (χ3v) is 3.53. The van der Waals surface area contributed by atoms with Crippen LogP contribution in [0.2, 0.25) is 0 Å². The number of likely N-dealkylation sites (N-methyl/N-ethyl adjacent to an activating group) is 1. The molecule has 5 nitrogen and oxygen atoms in total. The molecule has 1 aliphatic rings. The van der Waals surface area contributed by atoms with Gasteiger partial charge in [-0.15, -0.1) is 0 Å². The number of nitrogens with one attached hydrogen (secondary N) is 1. The largest absolute Gasteiger partial charge is 0.382 e. The third kappa shape index (κ3) is 8.17. The van der Waals surface area contributed by atoms with E-state index >= 15 is 0 Å². The van der Waals surface area contributed by atoms with Gasteiger partial charge in [-0.1, -0.05) is 19.8 Å². The number of hydrogen-bond acceptors (Lipinski definition) is 5. The van der Waals surface area contributed by atoms with Crippen molar-refractivity contribution in [1.29, 1.82) is 0 Å². The molecule has 120 valence electrons. The first-order valence-corrected chi connectivity index (χ1v) is 7.88. The van der Waals surface area contributed by atoms with Crippen LogP contribution in [0.4, 0.5) is 0 Å². The van der Waals surface area contributed by atoms with Gasteiger partial charge in [0.2, 0.25) is 0 Å². The van der Waals surface area contributed by atoms with Crippen LogP contribution < -0.4 is 5.32 Å². The monoisotopic (exact) mass is 289 g/mol. The second-order valence-corrected chi connectivity index (χ2v) is 5.08. The van der Waals surface area contributed by atoms with Gasteiger partial charge >= 0.3 is 0 Å². The molecule has 0 aromatic carbocycles. The minimum atomic E-state index is 0.352. The Labute approximate surface area is 123 Å². The topological polar surface area (TPSA) is 49.0 Å². The minimum absolute atomic E-state index is 0.352. The summed E-state index contributed by atoms with van der Waals surface area (Å²) >= 11 is 0. The highest BCUT2D eigenvalue weighted by molar-refractivity contribution is 4.81. The molecule has 0 aliphatic heterocycles. The number of hydrogen-bond donors (Lipinski definition) is 1. The van der Waals surface area contributed by atoms with Crippen molar-refractivity contribution >= 4 is 0 Å². The zero-order valence-electron chi connectivity index (χ0n) is 13.1. The fraction of sp³-hybridized carbons (Fsp3) is 1.00. The molecule has 1 saturated carbocycles. The zero-order chi connectivity index (χ0) is 14.5. The summed E-state index contributed by atoms with van der Waals surface area (Å²) in [4.78, 5) is 0. The summed E-state index contributed by atoms with van der Waals surface area (Å²) in [7, 11) is 1.67. The Balaban J connectivity index is 1.94. The summed E-state index contributed by atoms with van der Waals surface area (Å²) in [5.74, 6) is 0. The molecule has 2 unspecified atom stereocenters. The molecular weight excluding hydrogens is 258 g/mol. The SMILES string of the molecule is CCNC1CCCCC1OCCOCCOCCOC. The second-order valence-electron chi connectivity index (χ2n) is 5.08.